The first kappa shape index (κ1) is 14.6. The zero-order chi connectivity index (χ0) is 14.7. The van der Waals surface area contributed by atoms with E-state index in [-0.39, 0.29) is 11.1 Å². The first-order valence-corrected chi connectivity index (χ1v) is 6.46. The minimum absolute atomic E-state index is 0.0513. The molecule has 2 aromatic carbocycles. The molecule has 5 heteroatoms. The SMILES string of the molecule is COc1cccc(Oc2ccc(Cl)c(F)c2)c1[C@H](C)N. The predicted octanol–water partition coefficient (Wildman–Crippen LogP) is 4.30. The fourth-order valence-electron chi connectivity index (χ4n) is 1.91. The Labute approximate surface area is 122 Å². The van der Waals surface area contributed by atoms with Gasteiger partial charge in [0, 0.05) is 12.1 Å². The van der Waals surface area contributed by atoms with Gasteiger partial charge in [0.05, 0.1) is 17.7 Å². The number of ether oxygens (including phenoxy) is 2. The number of hydrogen-bond donors (Lipinski definition) is 1. The fourth-order valence-corrected chi connectivity index (χ4v) is 2.02. The molecule has 0 radical (unpaired) electrons. The Balaban J connectivity index is 2.40. The predicted molar refractivity (Wildman–Crippen MR) is 77.1 cm³/mol. The molecule has 106 valence electrons. The van der Waals surface area contributed by atoms with E-state index in [4.69, 9.17) is 26.8 Å². The van der Waals surface area contributed by atoms with E-state index in [0.717, 1.165) is 5.56 Å². The highest BCUT2D eigenvalue weighted by molar-refractivity contribution is 6.30. The average molecular weight is 296 g/mol. The summed E-state index contributed by atoms with van der Waals surface area (Å²) in [6.07, 6.45) is 0. The van der Waals surface area contributed by atoms with Crippen molar-refractivity contribution in [3.63, 3.8) is 0 Å². The molecule has 0 heterocycles. The summed E-state index contributed by atoms with van der Waals surface area (Å²) in [7, 11) is 1.56. The second-order valence-electron chi connectivity index (χ2n) is 4.34. The average Bonchev–Trinajstić information content (AvgIpc) is 2.42. The standard InChI is InChI=1S/C15H15ClFNO2/c1-9(18)15-13(19-2)4-3-5-14(15)20-10-6-7-11(16)12(17)8-10/h3-9H,18H2,1-2H3/t9-/m0/s1. The molecule has 2 rings (SSSR count). The number of hydrogen-bond acceptors (Lipinski definition) is 3. The Morgan fingerprint density at radius 1 is 1.20 bits per heavy atom. The van der Waals surface area contributed by atoms with Crippen LogP contribution in [0.1, 0.15) is 18.5 Å². The fraction of sp³-hybridized carbons (Fsp3) is 0.200. The number of rotatable bonds is 4. The molecule has 2 N–H and O–H groups in total. The monoisotopic (exact) mass is 295 g/mol. The Bertz CT molecular complexity index is 617. The Kier molecular flexibility index (Phi) is 4.47. The van der Waals surface area contributed by atoms with Crippen LogP contribution in [0.25, 0.3) is 0 Å². The van der Waals surface area contributed by atoms with Gasteiger partial charge in [-0.3, -0.25) is 0 Å². The summed E-state index contributed by atoms with van der Waals surface area (Å²) in [6, 6.07) is 9.33. The van der Waals surface area contributed by atoms with Gasteiger partial charge in [0.2, 0.25) is 0 Å². The number of benzene rings is 2. The van der Waals surface area contributed by atoms with Crippen molar-refractivity contribution in [2.75, 3.05) is 7.11 Å². The first-order valence-electron chi connectivity index (χ1n) is 6.08. The van der Waals surface area contributed by atoms with Gasteiger partial charge in [-0.2, -0.15) is 0 Å². The van der Waals surface area contributed by atoms with Crippen LogP contribution in [-0.4, -0.2) is 7.11 Å². The normalized spacial score (nSPS) is 12.1. The molecule has 0 aliphatic rings. The van der Waals surface area contributed by atoms with Crippen molar-refractivity contribution >= 4 is 11.6 Å². The maximum Gasteiger partial charge on any atom is 0.145 e. The zero-order valence-electron chi connectivity index (χ0n) is 11.2. The van der Waals surface area contributed by atoms with Crippen LogP contribution in [0, 0.1) is 5.82 Å². The summed E-state index contributed by atoms with van der Waals surface area (Å²) in [5.41, 5.74) is 6.67. The van der Waals surface area contributed by atoms with Crippen LogP contribution in [0.2, 0.25) is 5.02 Å². The highest BCUT2D eigenvalue weighted by Gasteiger charge is 2.15. The van der Waals surface area contributed by atoms with Gasteiger partial charge in [0.1, 0.15) is 23.1 Å². The largest absolute Gasteiger partial charge is 0.496 e. The lowest BCUT2D eigenvalue weighted by atomic mass is 10.1. The van der Waals surface area contributed by atoms with E-state index in [0.29, 0.717) is 17.2 Å². The Hall–Kier alpha value is -1.78. The third-order valence-electron chi connectivity index (χ3n) is 2.82. The topological polar surface area (TPSA) is 44.5 Å². The maximum atomic E-state index is 13.4. The van der Waals surface area contributed by atoms with Gasteiger partial charge in [-0.25, -0.2) is 4.39 Å². The Morgan fingerprint density at radius 3 is 2.50 bits per heavy atom. The molecule has 20 heavy (non-hydrogen) atoms. The highest BCUT2D eigenvalue weighted by atomic mass is 35.5. The summed E-state index contributed by atoms with van der Waals surface area (Å²) in [5.74, 6) is 0.976. The van der Waals surface area contributed by atoms with Crippen molar-refractivity contribution in [2.45, 2.75) is 13.0 Å². The number of nitrogens with two attached hydrogens (primary N) is 1. The molecule has 0 unspecified atom stereocenters. The van der Waals surface area contributed by atoms with Crippen molar-refractivity contribution < 1.29 is 13.9 Å². The molecular weight excluding hydrogens is 281 g/mol. The molecule has 0 aliphatic heterocycles. The zero-order valence-corrected chi connectivity index (χ0v) is 11.9. The van der Waals surface area contributed by atoms with Gasteiger partial charge in [-0.15, -0.1) is 0 Å². The van der Waals surface area contributed by atoms with Gasteiger partial charge in [-0.1, -0.05) is 17.7 Å². The smallest absolute Gasteiger partial charge is 0.145 e. The molecule has 0 amide bonds. The van der Waals surface area contributed by atoms with Crippen molar-refractivity contribution in [2.24, 2.45) is 5.73 Å². The van der Waals surface area contributed by atoms with Crippen molar-refractivity contribution in [3.05, 3.63) is 52.8 Å². The van der Waals surface area contributed by atoms with E-state index in [1.165, 1.54) is 12.1 Å². The summed E-state index contributed by atoms with van der Waals surface area (Å²) >= 11 is 5.64. The van der Waals surface area contributed by atoms with Crippen molar-refractivity contribution in [3.8, 4) is 17.2 Å². The summed E-state index contributed by atoms with van der Waals surface area (Å²) < 4.78 is 24.4. The van der Waals surface area contributed by atoms with E-state index in [9.17, 15) is 4.39 Å². The third-order valence-corrected chi connectivity index (χ3v) is 3.13. The molecule has 0 aliphatic carbocycles. The van der Waals surface area contributed by atoms with E-state index in [2.05, 4.69) is 0 Å². The lowest BCUT2D eigenvalue weighted by Gasteiger charge is -2.17. The molecule has 0 aromatic heterocycles. The molecule has 1 atom stereocenters. The number of methoxy groups -OCH3 is 1. The van der Waals surface area contributed by atoms with Crippen molar-refractivity contribution in [1.82, 2.24) is 0 Å². The van der Waals surface area contributed by atoms with Crippen LogP contribution in [0.3, 0.4) is 0 Å². The minimum atomic E-state index is -0.533. The summed E-state index contributed by atoms with van der Waals surface area (Å²) in [4.78, 5) is 0. The quantitative estimate of drug-likeness (QED) is 0.914. The third kappa shape index (κ3) is 3.03. The van der Waals surface area contributed by atoms with Gasteiger partial charge in [0.15, 0.2) is 0 Å². The maximum absolute atomic E-state index is 13.4. The van der Waals surface area contributed by atoms with Crippen LogP contribution in [-0.2, 0) is 0 Å². The molecule has 3 nitrogen and oxygen atoms in total. The minimum Gasteiger partial charge on any atom is -0.496 e. The molecule has 0 saturated carbocycles. The molecule has 2 aromatic rings. The molecule has 0 fully saturated rings. The molecule has 0 saturated heterocycles. The van der Waals surface area contributed by atoms with E-state index in [1.807, 2.05) is 6.92 Å². The Morgan fingerprint density at radius 2 is 1.90 bits per heavy atom. The van der Waals surface area contributed by atoms with Crippen LogP contribution >= 0.6 is 11.6 Å². The second-order valence-corrected chi connectivity index (χ2v) is 4.75. The van der Waals surface area contributed by atoms with Crippen molar-refractivity contribution in [1.29, 1.82) is 0 Å². The number of halogens is 2. The van der Waals surface area contributed by atoms with Gasteiger partial charge >= 0.3 is 0 Å². The van der Waals surface area contributed by atoms with E-state index >= 15 is 0 Å². The van der Waals surface area contributed by atoms with E-state index in [1.54, 1.807) is 31.4 Å². The first-order chi connectivity index (χ1) is 9.52. The lowest BCUT2D eigenvalue weighted by Crippen LogP contribution is -2.08. The molecule has 0 spiro atoms. The van der Waals surface area contributed by atoms with E-state index < -0.39 is 5.82 Å². The van der Waals surface area contributed by atoms with Gasteiger partial charge in [-0.05, 0) is 31.2 Å². The van der Waals surface area contributed by atoms with Crippen LogP contribution < -0.4 is 15.2 Å². The summed E-state index contributed by atoms with van der Waals surface area (Å²) in [5, 5.41) is 0.0513. The summed E-state index contributed by atoms with van der Waals surface area (Å²) in [6.45, 7) is 1.83. The van der Waals surface area contributed by atoms with Crippen LogP contribution in [0.4, 0.5) is 4.39 Å². The lowest BCUT2D eigenvalue weighted by molar-refractivity contribution is 0.397. The molecular formula is C15H15ClFNO2. The van der Waals surface area contributed by atoms with Gasteiger partial charge in [0.25, 0.3) is 0 Å². The van der Waals surface area contributed by atoms with Gasteiger partial charge < -0.3 is 15.2 Å². The second kappa shape index (κ2) is 6.11. The van der Waals surface area contributed by atoms with Crippen LogP contribution in [0.5, 0.6) is 17.2 Å². The van der Waals surface area contributed by atoms with Crippen LogP contribution in [0.15, 0.2) is 36.4 Å². The highest BCUT2D eigenvalue weighted by Crippen LogP contribution is 2.36. The molecule has 0 bridgehead atoms.